The van der Waals surface area contributed by atoms with Gasteiger partial charge in [-0.1, -0.05) is 23.2 Å². The van der Waals surface area contributed by atoms with Crippen molar-refractivity contribution in [3.8, 4) is 11.3 Å². The number of nitrogens with zero attached hydrogens (tertiary/aromatic N) is 4. The summed E-state index contributed by atoms with van der Waals surface area (Å²) >= 11 is 12.1. The molecule has 7 nitrogen and oxygen atoms in total. The summed E-state index contributed by atoms with van der Waals surface area (Å²) in [6.07, 6.45) is 7.56. The van der Waals surface area contributed by atoms with Crippen molar-refractivity contribution in [3.05, 3.63) is 58.8 Å². The van der Waals surface area contributed by atoms with Gasteiger partial charge < -0.3 is 14.6 Å². The summed E-state index contributed by atoms with van der Waals surface area (Å²) in [5.41, 5.74) is 0.721. The third-order valence-electron chi connectivity index (χ3n) is 5.01. The van der Waals surface area contributed by atoms with Gasteiger partial charge in [-0.15, -0.1) is 0 Å². The molecule has 0 unspecified atom stereocenters. The summed E-state index contributed by atoms with van der Waals surface area (Å²) in [5, 5.41) is 4.16. The Bertz CT molecular complexity index is 1000. The highest BCUT2D eigenvalue weighted by atomic mass is 35.5. The molecule has 4 rings (SSSR count). The predicted molar refractivity (Wildman–Crippen MR) is 116 cm³/mol. The zero-order valence-corrected chi connectivity index (χ0v) is 17.7. The number of anilines is 1. The molecule has 0 radical (unpaired) electrons. The van der Waals surface area contributed by atoms with Crippen LogP contribution in [-0.2, 0) is 11.2 Å². The number of hydrogen-bond donors (Lipinski definition) is 1. The van der Waals surface area contributed by atoms with Crippen molar-refractivity contribution in [1.29, 1.82) is 0 Å². The van der Waals surface area contributed by atoms with Gasteiger partial charge in [0.05, 0.1) is 11.2 Å². The summed E-state index contributed by atoms with van der Waals surface area (Å²) in [7, 11) is 0. The molecule has 1 fully saturated rings. The van der Waals surface area contributed by atoms with E-state index in [0.29, 0.717) is 34.5 Å². The average Bonchev–Trinajstić information content (AvgIpc) is 3.22. The minimum absolute atomic E-state index is 0.00585. The molecule has 30 heavy (non-hydrogen) atoms. The third-order valence-corrected chi connectivity index (χ3v) is 5.56. The van der Waals surface area contributed by atoms with E-state index in [1.165, 1.54) is 0 Å². The van der Waals surface area contributed by atoms with E-state index in [1.54, 1.807) is 42.9 Å². The lowest BCUT2D eigenvalue weighted by Crippen LogP contribution is -2.45. The van der Waals surface area contributed by atoms with Crippen LogP contribution < -0.4 is 10.2 Å². The van der Waals surface area contributed by atoms with Crippen LogP contribution in [-0.4, -0.2) is 40.0 Å². The quantitative estimate of drug-likeness (QED) is 0.613. The van der Waals surface area contributed by atoms with Gasteiger partial charge in [0, 0.05) is 55.0 Å². The van der Waals surface area contributed by atoms with Gasteiger partial charge in [0.15, 0.2) is 11.7 Å². The van der Waals surface area contributed by atoms with Crippen molar-refractivity contribution in [3.63, 3.8) is 0 Å². The molecule has 156 valence electrons. The molecule has 0 bridgehead atoms. The minimum Gasteiger partial charge on any atom is -0.441 e. The number of carbonyl (C=O) groups excluding carboxylic acids is 1. The van der Waals surface area contributed by atoms with Crippen LogP contribution >= 0.6 is 23.2 Å². The molecule has 1 N–H and O–H groups in total. The maximum atomic E-state index is 12.3. The van der Waals surface area contributed by atoms with Crippen molar-refractivity contribution >= 4 is 35.1 Å². The van der Waals surface area contributed by atoms with Gasteiger partial charge in [0.2, 0.25) is 11.9 Å². The maximum absolute atomic E-state index is 12.3. The molecule has 2 aromatic heterocycles. The second kappa shape index (κ2) is 9.45. The first-order valence-electron chi connectivity index (χ1n) is 9.80. The molecule has 9 heteroatoms. The normalized spacial score (nSPS) is 14.7. The lowest BCUT2D eigenvalue weighted by molar-refractivity contribution is -0.122. The molecule has 3 heterocycles. The van der Waals surface area contributed by atoms with Gasteiger partial charge in [-0.2, -0.15) is 0 Å². The number of halogens is 2. The maximum Gasteiger partial charge on any atom is 0.225 e. The lowest BCUT2D eigenvalue weighted by Gasteiger charge is -2.32. The van der Waals surface area contributed by atoms with Crippen molar-refractivity contribution in [1.82, 2.24) is 20.3 Å². The molecule has 1 aromatic carbocycles. The standard InChI is InChI=1S/C21H21Cl2N5O2/c22-14-2-3-16(17(23)12-14)18-13-26-20(30-18)5-4-19(29)27-15-6-10-28(11-7-15)21-24-8-1-9-25-21/h1-3,8-9,12-13,15H,4-7,10-11H2,(H,27,29). The minimum atomic E-state index is -0.00585. The average molecular weight is 446 g/mol. The number of piperidine rings is 1. The summed E-state index contributed by atoms with van der Waals surface area (Å²) < 4.78 is 5.75. The second-order valence-corrected chi connectivity index (χ2v) is 7.96. The Kier molecular flexibility index (Phi) is 6.50. The summed E-state index contributed by atoms with van der Waals surface area (Å²) in [4.78, 5) is 27.3. The molecular weight excluding hydrogens is 425 g/mol. The van der Waals surface area contributed by atoms with Gasteiger partial charge in [-0.05, 0) is 37.1 Å². The number of oxazole rings is 1. The second-order valence-electron chi connectivity index (χ2n) is 7.12. The number of amides is 1. The van der Waals surface area contributed by atoms with Crippen LogP contribution in [0.1, 0.15) is 25.2 Å². The van der Waals surface area contributed by atoms with Gasteiger partial charge in [0.1, 0.15) is 0 Å². The molecule has 1 aliphatic heterocycles. The Hall–Kier alpha value is -2.64. The molecule has 0 aliphatic carbocycles. The van der Waals surface area contributed by atoms with Crippen LogP contribution in [0.5, 0.6) is 0 Å². The van der Waals surface area contributed by atoms with Crippen LogP contribution in [0.2, 0.25) is 10.0 Å². The Morgan fingerprint density at radius 3 is 2.67 bits per heavy atom. The van der Waals surface area contributed by atoms with E-state index in [-0.39, 0.29) is 11.9 Å². The number of aryl methyl sites for hydroxylation is 1. The zero-order valence-electron chi connectivity index (χ0n) is 16.2. The van der Waals surface area contributed by atoms with Crippen LogP contribution in [0.25, 0.3) is 11.3 Å². The molecule has 0 saturated carbocycles. The summed E-state index contributed by atoms with van der Waals surface area (Å²) in [6.45, 7) is 1.64. The number of carbonyl (C=O) groups is 1. The van der Waals surface area contributed by atoms with E-state index in [2.05, 4.69) is 25.2 Å². The van der Waals surface area contributed by atoms with E-state index < -0.39 is 0 Å². The van der Waals surface area contributed by atoms with E-state index >= 15 is 0 Å². The highest BCUT2D eigenvalue weighted by Gasteiger charge is 2.22. The van der Waals surface area contributed by atoms with Gasteiger partial charge in [-0.3, -0.25) is 4.79 Å². The SMILES string of the molecule is O=C(CCc1ncc(-c2ccc(Cl)cc2Cl)o1)NC1CCN(c2ncccn2)CC1. The van der Waals surface area contributed by atoms with Gasteiger partial charge in [0.25, 0.3) is 0 Å². The first-order chi connectivity index (χ1) is 14.6. The number of aromatic nitrogens is 3. The fraction of sp³-hybridized carbons (Fsp3) is 0.333. The number of nitrogens with one attached hydrogen (secondary N) is 1. The van der Waals surface area contributed by atoms with E-state index in [1.807, 2.05) is 0 Å². The van der Waals surface area contributed by atoms with Crippen molar-refractivity contribution < 1.29 is 9.21 Å². The van der Waals surface area contributed by atoms with Crippen molar-refractivity contribution in [2.45, 2.75) is 31.7 Å². The van der Waals surface area contributed by atoms with Crippen LogP contribution in [0.4, 0.5) is 5.95 Å². The molecule has 3 aromatic rings. The van der Waals surface area contributed by atoms with Crippen LogP contribution in [0.15, 0.2) is 47.3 Å². The Balaban J connectivity index is 1.24. The van der Waals surface area contributed by atoms with Gasteiger partial charge >= 0.3 is 0 Å². The summed E-state index contributed by atoms with van der Waals surface area (Å²) in [6, 6.07) is 7.15. The largest absolute Gasteiger partial charge is 0.441 e. The highest BCUT2D eigenvalue weighted by Crippen LogP contribution is 2.30. The fourth-order valence-corrected chi connectivity index (χ4v) is 3.94. The topological polar surface area (TPSA) is 84.2 Å². The monoisotopic (exact) mass is 445 g/mol. The molecule has 1 aliphatic rings. The lowest BCUT2D eigenvalue weighted by atomic mass is 10.1. The Morgan fingerprint density at radius 1 is 1.17 bits per heavy atom. The van der Waals surface area contributed by atoms with Crippen LogP contribution in [0, 0.1) is 0 Å². The zero-order chi connectivity index (χ0) is 20.9. The number of rotatable bonds is 6. The summed E-state index contributed by atoms with van der Waals surface area (Å²) in [5.74, 6) is 1.79. The molecule has 0 spiro atoms. The Labute approximate surface area is 184 Å². The molecule has 1 amide bonds. The first kappa shape index (κ1) is 20.6. The molecular formula is C21H21Cl2N5O2. The molecule has 1 saturated heterocycles. The molecule has 0 atom stereocenters. The first-order valence-corrected chi connectivity index (χ1v) is 10.6. The van der Waals surface area contributed by atoms with Gasteiger partial charge in [-0.25, -0.2) is 15.0 Å². The van der Waals surface area contributed by atoms with E-state index in [4.69, 9.17) is 27.6 Å². The predicted octanol–water partition coefficient (Wildman–Crippen LogP) is 4.16. The van der Waals surface area contributed by atoms with E-state index in [0.717, 1.165) is 37.4 Å². The van der Waals surface area contributed by atoms with Crippen LogP contribution in [0.3, 0.4) is 0 Å². The smallest absolute Gasteiger partial charge is 0.225 e. The Morgan fingerprint density at radius 2 is 1.93 bits per heavy atom. The van der Waals surface area contributed by atoms with Crippen molar-refractivity contribution in [2.75, 3.05) is 18.0 Å². The third kappa shape index (κ3) is 5.09. The van der Waals surface area contributed by atoms with Crippen molar-refractivity contribution in [2.24, 2.45) is 0 Å². The number of hydrogen-bond acceptors (Lipinski definition) is 6. The fourth-order valence-electron chi connectivity index (χ4n) is 3.44. The van der Waals surface area contributed by atoms with E-state index in [9.17, 15) is 4.79 Å². The highest BCUT2D eigenvalue weighted by molar-refractivity contribution is 6.36. The number of benzene rings is 1.